The molecule has 4 aromatic heterocycles. The second-order valence-electron chi connectivity index (χ2n) is 8.99. The van der Waals surface area contributed by atoms with Crippen LogP contribution in [0, 0.1) is 31.0 Å². The van der Waals surface area contributed by atoms with Crippen LogP contribution in [0.5, 0.6) is 0 Å². The van der Waals surface area contributed by atoms with Gasteiger partial charge in [-0.05, 0) is 49.8 Å². The van der Waals surface area contributed by atoms with Gasteiger partial charge in [-0.25, -0.2) is 18.9 Å². The van der Waals surface area contributed by atoms with Crippen LogP contribution < -0.4 is 10.6 Å². The molecule has 8 nitrogen and oxygen atoms in total. The van der Waals surface area contributed by atoms with Gasteiger partial charge >= 0.3 is 0 Å². The van der Waals surface area contributed by atoms with Crippen LogP contribution >= 0.6 is 0 Å². The molecular weight excluding hydrogens is 397 g/mol. The second-order valence-corrected chi connectivity index (χ2v) is 8.99. The molecule has 0 unspecified atom stereocenters. The molecule has 6 rings (SSSR count). The number of fused-ring (bicyclic) bond motifs is 2. The molecular formula is C22H22FN7O. The molecule has 2 fully saturated rings. The Kier molecular flexibility index (Phi) is 3.77. The highest BCUT2D eigenvalue weighted by atomic mass is 19.1. The summed E-state index contributed by atoms with van der Waals surface area (Å²) in [6.07, 6.45) is 7.07. The smallest absolute Gasteiger partial charge is 0.228 e. The summed E-state index contributed by atoms with van der Waals surface area (Å²) in [6.45, 7) is 5.86. The Bertz CT molecular complexity index is 1360. The molecule has 2 N–H and O–H groups in total. The van der Waals surface area contributed by atoms with Gasteiger partial charge < -0.3 is 15.0 Å². The van der Waals surface area contributed by atoms with Gasteiger partial charge in [0, 0.05) is 30.8 Å². The minimum atomic E-state index is -0.470. The van der Waals surface area contributed by atoms with Gasteiger partial charge in [-0.15, -0.1) is 0 Å². The molecule has 31 heavy (non-hydrogen) atoms. The third-order valence-electron chi connectivity index (χ3n) is 6.51. The maximum Gasteiger partial charge on any atom is 0.228 e. The number of aromatic nitrogens is 5. The number of nitrogens with one attached hydrogen (secondary N) is 2. The van der Waals surface area contributed by atoms with Gasteiger partial charge in [0.05, 0.1) is 23.8 Å². The number of halogens is 1. The zero-order valence-electron chi connectivity index (χ0n) is 17.3. The standard InChI is InChI=1S/C22H22FN7O/c1-12-3-17(28-30-7-13(2)25-19(12)30)14-4-16(23)20-26-18(9-29(20)8-14)27-21(31)15-5-22(6-15)10-24-11-22/h3-4,7-9,15,24H,5-6,10-11H2,1-2H3,(H,27,31). The first-order valence-electron chi connectivity index (χ1n) is 10.4. The van der Waals surface area contributed by atoms with Crippen molar-refractivity contribution in [3.63, 3.8) is 0 Å². The van der Waals surface area contributed by atoms with E-state index in [2.05, 4.69) is 25.7 Å². The van der Waals surface area contributed by atoms with E-state index in [1.807, 2.05) is 26.1 Å². The van der Waals surface area contributed by atoms with E-state index in [4.69, 9.17) is 0 Å². The van der Waals surface area contributed by atoms with Crippen LogP contribution in [0.4, 0.5) is 10.2 Å². The lowest BCUT2D eigenvalue weighted by molar-refractivity contribution is -0.129. The van der Waals surface area contributed by atoms with Crippen molar-refractivity contribution in [1.82, 2.24) is 29.3 Å². The molecule has 0 aromatic carbocycles. The third kappa shape index (κ3) is 2.91. The van der Waals surface area contributed by atoms with E-state index < -0.39 is 5.82 Å². The Morgan fingerprint density at radius 1 is 1.16 bits per heavy atom. The highest BCUT2D eigenvalue weighted by Gasteiger charge is 2.50. The SMILES string of the molecule is Cc1cn2nc(-c3cc(F)c4nc(NC(=O)C5CC6(CNC6)C5)cn4c3)cc(C)c2n1. The molecule has 5 heterocycles. The minimum absolute atomic E-state index is 0.00450. The maximum atomic E-state index is 14.8. The van der Waals surface area contributed by atoms with Gasteiger partial charge in [-0.2, -0.15) is 5.10 Å². The maximum absolute atomic E-state index is 14.8. The number of rotatable bonds is 3. The van der Waals surface area contributed by atoms with Gasteiger partial charge in [0.1, 0.15) is 0 Å². The molecule has 0 bridgehead atoms. The van der Waals surface area contributed by atoms with Crippen molar-refractivity contribution in [3.05, 3.63) is 47.8 Å². The second kappa shape index (κ2) is 6.34. The van der Waals surface area contributed by atoms with E-state index in [0.717, 1.165) is 42.8 Å². The minimum Gasteiger partial charge on any atom is -0.316 e. The molecule has 1 aliphatic heterocycles. The number of nitrogens with zero attached hydrogens (tertiary/aromatic N) is 5. The number of aryl methyl sites for hydroxylation is 2. The molecule has 9 heteroatoms. The summed E-state index contributed by atoms with van der Waals surface area (Å²) in [5.41, 5.74) is 4.36. The van der Waals surface area contributed by atoms with Crippen molar-refractivity contribution >= 4 is 23.0 Å². The van der Waals surface area contributed by atoms with Crippen molar-refractivity contribution in [1.29, 1.82) is 0 Å². The number of carbonyl (C=O) groups is 1. The van der Waals surface area contributed by atoms with Gasteiger partial charge in [0.2, 0.25) is 5.91 Å². The van der Waals surface area contributed by atoms with E-state index in [0.29, 0.717) is 22.5 Å². The van der Waals surface area contributed by atoms with Gasteiger partial charge in [0.25, 0.3) is 0 Å². The number of amides is 1. The van der Waals surface area contributed by atoms with Crippen LogP contribution in [0.3, 0.4) is 0 Å². The number of hydrogen-bond acceptors (Lipinski definition) is 5. The Morgan fingerprint density at radius 2 is 1.97 bits per heavy atom. The number of imidazole rings is 2. The fourth-order valence-electron chi connectivity index (χ4n) is 4.81. The van der Waals surface area contributed by atoms with Crippen molar-refractivity contribution in [3.8, 4) is 11.3 Å². The number of hydrogen-bond donors (Lipinski definition) is 2. The van der Waals surface area contributed by atoms with Gasteiger partial charge in [-0.3, -0.25) is 4.79 Å². The van der Waals surface area contributed by atoms with Crippen molar-refractivity contribution in [2.45, 2.75) is 26.7 Å². The van der Waals surface area contributed by atoms with Crippen LogP contribution in [0.15, 0.2) is 30.7 Å². The summed E-state index contributed by atoms with van der Waals surface area (Å²) in [4.78, 5) is 21.3. The lowest BCUT2D eigenvalue weighted by atomic mass is 9.58. The van der Waals surface area contributed by atoms with Gasteiger partial charge in [0.15, 0.2) is 22.9 Å². The lowest BCUT2D eigenvalue weighted by Crippen LogP contribution is -2.61. The van der Waals surface area contributed by atoms with E-state index >= 15 is 0 Å². The number of anilines is 1. The van der Waals surface area contributed by atoms with Crippen molar-refractivity contribution in [2.24, 2.45) is 11.3 Å². The fraction of sp³-hybridized carbons (Fsp3) is 0.364. The predicted molar refractivity (Wildman–Crippen MR) is 113 cm³/mol. The molecule has 0 atom stereocenters. The number of pyridine rings is 1. The summed E-state index contributed by atoms with van der Waals surface area (Å²) in [7, 11) is 0. The summed E-state index contributed by atoms with van der Waals surface area (Å²) >= 11 is 0. The number of carbonyl (C=O) groups excluding carboxylic acids is 1. The first-order valence-corrected chi connectivity index (χ1v) is 10.4. The van der Waals surface area contributed by atoms with E-state index in [1.54, 1.807) is 21.3 Å². The first-order chi connectivity index (χ1) is 14.9. The largest absolute Gasteiger partial charge is 0.316 e. The van der Waals surface area contributed by atoms with Crippen molar-refractivity contribution in [2.75, 3.05) is 18.4 Å². The summed E-state index contributed by atoms with van der Waals surface area (Å²) < 4.78 is 18.2. The van der Waals surface area contributed by atoms with Crippen LogP contribution in [0.25, 0.3) is 22.6 Å². The molecule has 1 spiro atoms. The van der Waals surface area contributed by atoms with E-state index in [1.165, 1.54) is 6.07 Å². The Labute approximate surface area is 177 Å². The molecule has 1 aliphatic carbocycles. The average molecular weight is 419 g/mol. The lowest BCUT2D eigenvalue weighted by Gasteiger charge is -2.53. The first kappa shape index (κ1) is 18.4. The van der Waals surface area contributed by atoms with E-state index in [9.17, 15) is 9.18 Å². The normalized spacial score (nSPS) is 17.8. The Balaban J connectivity index is 1.29. The molecule has 158 valence electrons. The topological polar surface area (TPSA) is 88.6 Å². The average Bonchev–Trinajstić information content (AvgIpc) is 3.22. The molecule has 2 aliphatic rings. The van der Waals surface area contributed by atoms with Gasteiger partial charge in [-0.1, -0.05) is 0 Å². The van der Waals surface area contributed by atoms with E-state index in [-0.39, 0.29) is 17.5 Å². The Morgan fingerprint density at radius 3 is 2.71 bits per heavy atom. The molecule has 1 amide bonds. The highest BCUT2D eigenvalue weighted by Crippen LogP contribution is 2.48. The summed E-state index contributed by atoms with van der Waals surface area (Å²) in [5, 5.41) is 10.7. The molecule has 4 aromatic rings. The Hall–Kier alpha value is -3.33. The molecule has 0 radical (unpaired) electrons. The highest BCUT2D eigenvalue weighted by molar-refractivity contribution is 5.92. The molecule has 1 saturated carbocycles. The van der Waals surface area contributed by atoms with Crippen LogP contribution in [0.2, 0.25) is 0 Å². The molecule has 1 saturated heterocycles. The zero-order chi connectivity index (χ0) is 21.3. The van der Waals surface area contributed by atoms with Crippen LogP contribution in [-0.4, -0.2) is 43.0 Å². The zero-order valence-corrected chi connectivity index (χ0v) is 17.3. The van der Waals surface area contributed by atoms with Crippen LogP contribution in [0.1, 0.15) is 24.1 Å². The summed E-state index contributed by atoms with van der Waals surface area (Å²) in [6, 6.07) is 3.31. The van der Waals surface area contributed by atoms with Crippen LogP contribution in [-0.2, 0) is 4.79 Å². The fourth-order valence-corrected chi connectivity index (χ4v) is 4.81. The third-order valence-corrected chi connectivity index (χ3v) is 6.51. The predicted octanol–water partition coefficient (Wildman–Crippen LogP) is 2.74. The van der Waals surface area contributed by atoms with Crippen molar-refractivity contribution < 1.29 is 9.18 Å². The summed E-state index contributed by atoms with van der Waals surface area (Å²) in [5.74, 6) is -0.147. The monoisotopic (exact) mass is 419 g/mol. The quantitative estimate of drug-likeness (QED) is 0.533.